The van der Waals surface area contributed by atoms with Crippen LogP contribution in [0.5, 0.6) is 0 Å². The summed E-state index contributed by atoms with van der Waals surface area (Å²) in [7, 11) is 0. The van der Waals surface area contributed by atoms with Crippen molar-refractivity contribution >= 4 is 50.9 Å². The van der Waals surface area contributed by atoms with E-state index in [1.54, 1.807) is 6.07 Å². The van der Waals surface area contributed by atoms with Gasteiger partial charge in [-0.3, -0.25) is 0 Å². The molecule has 1 aliphatic heterocycles. The van der Waals surface area contributed by atoms with Crippen molar-refractivity contribution < 1.29 is 14.3 Å². The van der Waals surface area contributed by atoms with Crippen molar-refractivity contribution in [1.29, 1.82) is 0 Å². The molecule has 20 heavy (non-hydrogen) atoms. The Labute approximate surface area is 127 Å². The lowest BCUT2D eigenvalue weighted by atomic mass is 10.3. The van der Waals surface area contributed by atoms with Gasteiger partial charge in [-0.25, -0.2) is 9.78 Å². The molecule has 9 heteroatoms. The van der Waals surface area contributed by atoms with Gasteiger partial charge in [-0.2, -0.15) is 4.98 Å². The number of hydrogen-bond acceptors (Lipinski definition) is 5. The molecule has 1 aliphatic rings. The molecule has 0 bridgehead atoms. The Morgan fingerprint density at radius 1 is 1.35 bits per heavy atom. The van der Waals surface area contributed by atoms with Crippen molar-refractivity contribution in [2.24, 2.45) is 0 Å². The predicted octanol–water partition coefficient (Wildman–Crippen LogP) is 2.44. The van der Waals surface area contributed by atoms with Gasteiger partial charge < -0.3 is 19.3 Å². The number of piperazine rings is 1. The second-order valence-electron chi connectivity index (χ2n) is 4.34. The minimum absolute atomic E-state index is 0.327. The Hall–Kier alpha value is -1.54. The summed E-state index contributed by atoms with van der Waals surface area (Å²) < 4.78 is 6.28. The van der Waals surface area contributed by atoms with Gasteiger partial charge >= 0.3 is 6.09 Å². The van der Waals surface area contributed by atoms with Gasteiger partial charge in [-0.1, -0.05) is 11.6 Å². The highest BCUT2D eigenvalue weighted by molar-refractivity contribution is 9.10. The Kier molecular flexibility index (Phi) is 3.43. The van der Waals surface area contributed by atoms with Crippen LogP contribution in [-0.4, -0.2) is 52.2 Å². The molecule has 0 aliphatic carbocycles. The van der Waals surface area contributed by atoms with E-state index in [2.05, 4.69) is 25.9 Å². The van der Waals surface area contributed by atoms with E-state index >= 15 is 0 Å². The molecule has 0 radical (unpaired) electrons. The van der Waals surface area contributed by atoms with E-state index in [1.165, 1.54) is 4.90 Å². The van der Waals surface area contributed by atoms with Crippen LogP contribution in [0.2, 0.25) is 5.15 Å². The molecule has 0 saturated carbocycles. The fourth-order valence-electron chi connectivity index (χ4n) is 2.03. The summed E-state index contributed by atoms with van der Waals surface area (Å²) in [5.41, 5.74) is 0.978. The van der Waals surface area contributed by atoms with Crippen molar-refractivity contribution in [2.45, 2.75) is 0 Å². The largest absolute Gasteiger partial charge is 0.465 e. The molecule has 3 heterocycles. The van der Waals surface area contributed by atoms with E-state index in [0.717, 1.165) is 0 Å². The third kappa shape index (κ3) is 2.40. The molecule has 1 N–H and O–H groups in total. The number of fused-ring (bicyclic) bond motifs is 1. The number of oxazole rings is 1. The number of amides is 1. The molecule has 0 aromatic carbocycles. The molecular weight excluding hydrogens is 352 g/mol. The summed E-state index contributed by atoms with van der Waals surface area (Å²) in [4.78, 5) is 22.5. The van der Waals surface area contributed by atoms with Crippen LogP contribution in [-0.2, 0) is 0 Å². The lowest BCUT2D eigenvalue weighted by Gasteiger charge is -2.31. The number of carboxylic acid groups (broad SMARTS) is 1. The van der Waals surface area contributed by atoms with E-state index in [9.17, 15) is 4.79 Å². The van der Waals surface area contributed by atoms with Crippen molar-refractivity contribution in [3.63, 3.8) is 0 Å². The summed E-state index contributed by atoms with van der Waals surface area (Å²) >= 11 is 9.19. The smallest absolute Gasteiger partial charge is 0.407 e. The summed E-state index contributed by atoms with van der Waals surface area (Å²) in [6.07, 6.45) is -0.903. The van der Waals surface area contributed by atoms with Gasteiger partial charge in [0.1, 0.15) is 5.15 Å². The van der Waals surface area contributed by atoms with Gasteiger partial charge in [0.15, 0.2) is 5.58 Å². The average molecular weight is 362 g/mol. The van der Waals surface area contributed by atoms with Crippen LogP contribution < -0.4 is 4.90 Å². The maximum Gasteiger partial charge on any atom is 0.407 e. The van der Waals surface area contributed by atoms with Crippen LogP contribution in [0.25, 0.3) is 11.2 Å². The fourth-order valence-corrected chi connectivity index (χ4v) is 2.46. The first kappa shape index (κ1) is 13.4. The molecule has 1 fully saturated rings. The maximum absolute atomic E-state index is 10.9. The highest BCUT2D eigenvalue weighted by Crippen LogP contribution is 2.28. The Morgan fingerprint density at radius 2 is 2.05 bits per heavy atom. The van der Waals surface area contributed by atoms with Crippen molar-refractivity contribution in [1.82, 2.24) is 14.9 Å². The molecule has 0 spiro atoms. The van der Waals surface area contributed by atoms with E-state index in [0.29, 0.717) is 53.0 Å². The van der Waals surface area contributed by atoms with E-state index < -0.39 is 6.09 Å². The Bertz CT molecular complexity index is 630. The number of pyridine rings is 1. The second kappa shape index (κ2) is 5.10. The molecule has 106 valence electrons. The van der Waals surface area contributed by atoms with Crippen LogP contribution in [0.3, 0.4) is 0 Å². The van der Waals surface area contributed by atoms with E-state index in [4.69, 9.17) is 21.1 Å². The number of hydrogen-bond donors (Lipinski definition) is 1. The SMILES string of the molecule is O=C(O)N1CCN(c2nc3nc(Cl)c(Br)cc3o2)CC1. The molecule has 3 rings (SSSR count). The van der Waals surface area contributed by atoms with Gasteiger partial charge in [-0.05, 0) is 15.9 Å². The number of nitrogens with zero attached hydrogens (tertiary/aromatic N) is 4. The van der Waals surface area contributed by atoms with Crippen molar-refractivity contribution in [2.75, 3.05) is 31.1 Å². The number of halogens is 2. The normalized spacial score (nSPS) is 15.9. The van der Waals surface area contributed by atoms with Crippen molar-refractivity contribution in [3.05, 3.63) is 15.7 Å². The Morgan fingerprint density at radius 3 is 2.70 bits per heavy atom. The zero-order valence-corrected chi connectivity index (χ0v) is 12.6. The third-order valence-electron chi connectivity index (χ3n) is 3.10. The standard InChI is InChI=1S/C11H10BrClN4O3/c12-6-5-7-9(14-8(6)13)15-10(20-7)16-1-3-17(4-2-16)11(18)19/h5H,1-4H2,(H,18,19). The predicted molar refractivity (Wildman–Crippen MR) is 76.3 cm³/mol. The molecular formula is C11H10BrClN4O3. The van der Waals surface area contributed by atoms with Gasteiger partial charge in [-0.15, -0.1) is 0 Å². The quantitative estimate of drug-likeness (QED) is 0.786. The monoisotopic (exact) mass is 360 g/mol. The molecule has 2 aromatic rings. The number of rotatable bonds is 1. The zero-order chi connectivity index (χ0) is 14.3. The first-order chi connectivity index (χ1) is 9.54. The lowest BCUT2D eigenvalue weighted by molar-refractivity contribution is 0.142. The van der Waals surface area contributed by atoms with Crippen LogP contribution in [0.15, 0.2) is 15.0 Å². The fraction of sp³-hybridized carbons (Fsp3) is 0.364. The summed E-state index contributed by atoms with van der Waals surface area (Å²) in [5.74, 6) is 0. The topological polar surface area (TPSA) is 82.7 Å². The molecule has 1 amide bonds. The van der Waals surface area contributed by atoms with Crippen molar-refractivity contribution in [3.8, 4) is 0 Å². The highest BCUT2D eigenvalue weighted by Gasteiger charge is 2.24. The third-order valence-corrected chi connectivity index (χ3v) is 4.22. The summed E-state index contributed by atoms with van der Waals surface area (Å²) in [6.45, 7) is 1.92. The molecule has 0 atom stereocenters. The second-order valence-corrected chi connectivity index (χ2v) is 5.55. The van der Waals surface area contributed by atoms with Gasteiger partial charge in [0, 0.05) is 32.2 Å². The number of carbonyl (C=O) groups is 1. The maximum atomic E-state index is 10.9. The average Bonchev–Trinajstić information content (AvgIpc) is 2.82. The van der Waals surface area contributed by atoms with Gasteiger partial charge in [0.25, 0.3) is 6.01 Å². The van der Waals surface area contributed by atoms with Crippen LogP contribution in [0.1, 0.15) is 0 Å². The molecule has 7 nitrogen and oxygen atoms in total. The minimum atomic E-state index is -0.903. The molecule has 1 saturated heterocycles. The summed E-state index contributed by atoms with van der Waals surface area (Å²) in [5, 5.41) is 9.24. The van der Waals surface area contributed by atoms with Gasteiger partial charge in [0.2, 0.25) is 5.65 Å². The first-order valence-electron chi connectivity index (χ1n) is 5.90. The van der Waals surface area contributed by atoms with E-state index in [-0.39, 0.29) is 0 Å². The van der Waals surface area contributed by atoms with Gasteiger partial charge in [0.05, 0.1) is 4.47 Å². The van der Waals surface area contributed by atoms with Crippen LogP contribution >= 0.6 is 27.5 Å². The number of anilines is 1. The minimum Gasteiger partial charge on any atom is -0.465 e. The highest BCUT2D eigenvalue weighted by atomic mass is 79.9. The van der Waals surface area contributed by atoms with Crippen LogP contribution in [0, 0.1) is 0 Å². The number of aromatic nitrogens is 2. The summed E-state index contributed by atoms with van der Waals surface area (Å²) in [6, 6.07) is 2.15. The van der Waals surface area contributed by atoms with E-state index in [1.807, 2.05) is 4.90 Å². The lowest BCUT2D eigenvalue weighted by Crippen LogP contribution is -2.48. The van der Waals surface area contributed by atoms with Crippen LogP contribution in [0.4, 0.5) is 10.8 Å². The molecule has 2 aromatic heterocycles. The Balaban J connectivity index is 1.83. The molecule has 0 unspecified atom stereocenters. The zero-order valence-electron chi connectivity index (χ0n) is 10.2. The first-order valence-corrected chi connectivity index (χ1v) is 7.07.